The smallest absolute Gasteiger partial charge is 0.315 e. The lowest BCUT2D eigenvalue weighted by molar-refractivity contribution is -0.141. The zero-order valence-corrected chi connectivity index (χ0v) is 12.0. The van der Waals surface area contributed by atoms with Gasteiger partial charge in [0.1, 0.15) is 0 Å². The van der Waals surface area contributed by atoms with Crippen molar-refractivity contribution in [2.24, 2.45) is 5.92 Å². The molecular formula is C13H23N3O4. The first-order valence-electron chi connectivity index (χ1n) is 6.96. The minimum absolute atomic E-state index is 0.0555. The van der Waals surface area contributed by atoms with Crippen molar-refractivity contribution in [2.75, 3.05) is 19.6 Å². The van der Waals surface area contributed by atoms with Crippen LogP contribution >= 0.6 is 0 Å². The number of likely N-dealkylation sites (tertiary alicyclic amines) is 1. The monoisotopic (exact) mass is 285 g/mol. The van der Waals surface area contributed by atoms with Crippen molar-refractivity contribution < 1.29 is 19.5 Å². The first-order valence-corrected chi connectivity index (χ1v) is 6.96. The molecule has 0 saturated carbocycles. The molecule has 0 spiro atoms. The molecule has 2 atom stereocenters. The molecule has 3 amide bonds. The number of carboxylic acids is 1. The summed E-state index contributed by atoms with van der Waals surface area (Å²) in [6.45, 7) is 4.57. The number of urea groups is 1. The number of carbonyl (C=O) groups is 3. The maximum Gasteiger partial charge on any atom is 0.315 e. The molecule has 1 fully saturated rings. The molecule has 0 aliphatic carbocycles. The van der Waals surface area contributed by atoms with Gasteiger partial charge in [-0.3, -0.25) is 9.59 Å². The number of rotatable bonds is 5. The first-order chi connectivity index (χ1) is 9.41. The van der Waals surface area contributed by atoms with Crippen LogP contribution in [-0.2, 0) is 9.59 Å². The van der Waals surface area contributed by atoms with E-state index in [1.807, 2.05) is 0 Å². The highest BCUT2D eigenvalue weighted by molar-refractivity contribution is 5.84. The zero-order valence-electron chi connectivity index (χ0n) is 12.0. The Morgan fingerprint density at radius 2 is 1.75 bits per heavy atom. The summed E-state index contributed by atoms with van der Waals surface area (Å²) < 4.78 is 0. The second-order valence-electron chi connectivity index (χ2n) is 5.18. The van der Waals surface area contributed by atoms with E-state index in [1.54, 1.807) is 11.8 Å². The van der Waals surface area contributed by atoms with Gasteiger partial charge in [-0.1, -0.05) is 0 Å². The van der Waals surface area contributed by atoms with Crippen molar-refractivity contribution in [1.29, 1.82) is 0 Å². The molecular weight excluding hydrogens is 262 g/mol. The molecule has 0 aromatic rings. The van der Waals surface area contributed by atoms with E-state index in [-0.39, 0.29) is 12.5 Å². The number of nitrogens with one attached hydrogen (secondary N) is 2. The summed E-state index contributed by atoms with van der Waals surface area (Å²) in [6, 6.07) is -1.02. The highest BCUT2D eigenvalue weighted by atomic mass is 16.4. The SMILES string of the molecule is CC(NC(=O)NCC(=O)N1CCCCC1)C(C)C(=O)O. The van der Waals surface area contributed by atoms with Gasteiger partial charge in [0.25, 0.3) is 0 Å². The van der Waals surface area contributed by atoms with E-state index in [9.17, 15) is 14.4 Å². The van der Waals surface area contributed by atoms with Crippen LogP contribution in [0.4, 0.5) is 4.79 Å². The van der Waals surface area contributed by atoms with Crippen molar-refractivity contribution in [3.63, 3.8) is 0 Å². The summed E-state index contributed by atoms with van der Waals surface area (Å²) in [5.41, 5.74) is 0. The summed E-state index contributed by atoms with van der Waals surface area (Å²) >= 11 is 0. The predicted molar refractivity (Wildman–Crippen MR) is 73.2 cm³/mol. The van der Waals surface area contributed by atoms with Gasteiger partial charge in [0.15, 0.2) is 0 Å². The largest absolute Gasteiger partial charge is 0.481 e. The summed E-state index contributed by atoms with van der Waals surface area (Å²) in [4.78, 5) is 35.9. The molecule has 114 valence electrons. The fourth-order valence-electron chi connectivity index (χ4n) is 2.01. The van der Waals surface area contributed by atoms with E-state index in [0.29, 0.717) is 0 Å². The van der Waals surface area contributed by atoms with E-state index >= 15 is 0 Å². The van der Waals surface area contributed by atoms with Gasteiger partial charge in [0, 0.05) is 19.1 Å². The summed E-state index contributed by atoms with van der Waals surface area (Å²) in [7, 11) is 0. The Labute approximate surface area is 118 Å². The fourth-order valence-corrected chi connectivity index (χ4v) is 2.01. The van der Waals surface area contributed by atoms with Gasteiger partial charge in [-0.2, -0.15) is 0 Å². The Bertz CT molecular complexity index is 367. The lowest BCUT2D eigenvalue weighted by Crippen LogP contribution is -2.49. The van der Waals surface area contributed by atoms with Crippen LogP contribution in [0, 0.1) is 5.92 Å². The lowest BCUT2D eigenvalue weighted by atomic mass is 10.0. The van der Waals surface area contributed by atoms with Gasteiger partial charge in [-0.05, 0) is 33.1 Å². The number of carboxylic acid groups (broad SMARTS) is 1. The second kappa shape index (κ2) is 7.72. The first kappa shape index (κ1) is 16.3. The van der Waals surface area contributed by atoms with Crippen LogP contribution in [0.3, 0.4) is 0 Å². The predicted octanol–water partition coefficient (Wildman–Crippen LogP) is 0.407. The standard InChI is InChI=1S/C13H23N3O4/c1-9(12(18)19)10(2)15-13(20)14-8-11(17)16-6-4-3-5-7-16/h9-10H,3-8H2,1-2H3,(H,18,19)(H2,14,15,20). The minimum atomic E-state index is -0.970. The molecule has 1 rings (SSSR count). The molecule has 0 aromatic carbocycles. The number of aliphatic carboxylic acids is 1. The average Bonchev–Trinajstić information content (AvgIpc) is 2.44. The van der Waals surface area contributed by atoms with Gasteiger partial charge in [0.2, 0.25) is 5.91 Å². The number of nitrogens with zero attached hydrogens (tertiary/aromatic N) is 1. The third-order valence-electron chi connectivity index (χ3n) is 3.61. The molecule has 7 nitrogen and oxygen atoms in total. The van der Waals surface area contributed by atoms with Crippen molar-refractivity contribution in [3.05, 3.63) is 0 Å². The van der Waals surface area contributed by atoms with E-state index in [2.05, 4.69) is 10.6 Å². The van der Waals surface area contributed by atoms with Gasteiger partial charge >= 0.3 is 12.0 Å². The van der Waals surface area contributed by atoms with Gasteiger partial charge in [0.05, 0.1) is 12.5 Å². The van der Waals surface area contributed by atoms with Crippen molar-refractivity contribution >= 4 is 17.9 Å². The maximum absolute atomic E-state index is 11.8. The molecule has 7 heteroatoms. The van der Waals surface area contributed by atoms with Crippen molar-refractivity contribution in [1.82, 2.24) is 15.5 Å². The van der Waals surface area contributed by atoms with E-state index in [4.69, 9.17) is 5.11 Å². The molecule has 1 aliphatic heterocycles. The average molecular weight is 285 g/mol. The minimum Gasteiger partial charge on any atom is -0.481 e. The molecule has 1 heterocycles. The normalized spacial score (nSPS) is 18.0. The Hall–Kier alpha value is -1.79. The van der Waals surface area contributed by atoms with E-state index in [0.717, 1.165) is 32.4 Å². The molecule has 2 unspecified atom stereocenters. The topological polar surface area (TPSA) is 98.7 Å². The third kappa shape index (κ3) is 5.07. The molecule has 20 heavy (non-hydrogen) atoms. The molecule has 3 N–H and O–H groups in total. The zero-order chi connectivity index (χ0) is 15.1. The molecule has 0 aromatic heterocycles. The summed E-state index contributed by atoms with van der Waals surface area (Å²) in [5.74, 6) is -1.75. The maximum atomic E-state index is 11.8. The molecule has 0 bridgehead atoms. The highest BCUT2D eigenvalue weighted by Gasteiger charge is 2.22. The highest BCUT2D eigenvalue weighted by Crippen LogP contribution is 2.08. The molecule has 0 radical (unpaired) electrons. The van der Waals surface area contributed by atoms with Crippen molar-refractivity contribution in [2.45, 2.75) is 39.2 Å². The van der Waals surface area contributed by atoms with Crippen LogP contribution in [0.25, 0.3) is 0 Å². The Kier molecular flexibility index (Phi) is 6.27. The Morgan fingerprint density at radius 3 is 2.30 bits per heavy atom. The fraction of sp³-hybridized carbons (Fsp3) is 0.769. The van der Waals surface area contributed by atoms with Crippen LogP contribution in [0.5, 0.6) is 0 Å². The molecule has 1 aliphatic rings. The number of piperidine rings is 1. The van der Waals surface area contributed by atoms with Crippen molar-refractivity contribution in [3.8, 4) is 0 Å². The van der Waals surface area contributed by atoms with Gasteiger partial charge < -0.3 is 20.6 Å². The third-order valence-corrected chi connectivity index (χ3v) is 3.61. The number of carbonyl (C=O) groups excluding carboxylic acids is 2. The van der Waals surface area contributed by atoms with Crippen LogP contribution < -0.4 is 10.6 Å². The Balaban J connectivity index is 2.28. The quantitative estimate of drug-likeness (QED) is 0.681. The second-order valence-corrected chi connectivity index (χ2v) is 5.18. The van der Waals surface area contributed by atoms with E-state index in [1.165, 1.54) is 6.92 Å². The van der Waals surface area contributed by atoms with Crippen LogP contribution in [-0.4, -0.2) is 53.6 Å². The van der Waals surface area contributed by atoms with Crippen LogP contribution in [0.15, 0.2) is 0 Å². The van der Waals surface area contributed by atoms with Gasteiger partial charge in [-0.15, -0.1) is 0 Å². The number of amides is 3. The lowest BCUT2D eigenvalue weighted by Gasteiger charge is -2.27. The van der Waals surface area contributed by atoms with E-state index < -0.39 is 24.0 Å². The number of hydrogen-bond donors (Lipinski definition) is 3. The van der Waals surface area contributed by atoms with Crippen LogP contribution in [0.2, 0.25) is 0 Å². The molecule has 1 saturated heterocycles. The summed E-state index contributed by atoms with van der Waals surface area (Å²) in [5, 5.41) is 13.8. The Morgan fingerprint density at radius 1 is 1.15 bits per heavy atom. The number of hydrogen-bond acceptors (Lipinski definition) is 3. The van der Waals surface area contributed by atoms with Gasteiger partial charge in [-0.25, -0.2) is 4.79 Å². The van der Waals surface area contributed by atoms with Crippen LogP contribution in [0.1, 0.15) is 33.1 Å². The summed E-state index contributed by atoms with van der Waals surface area (Å²) in [6.07, 6.45) is 3.15.